The number of hydrogen-bond donors (Lipinski definition) is 1. The highest BCUT2D eigenvalue weighted by Gasteiger charge is 2.40. The second kappa shape index (κ2) is 12.0. The van der Waals surface area contributed by atoms with Gasteiger partial charge in [0.25, 0.3) is 0 Å². The average Bonchev–Trinajstić information content (AvgIpc) is 3.56. The molecule has 4 rings (SSSR count). The number of ketones is 1. The molecule has 184 valence electrons. The van der Waals surface area contributed by atoms with Gasteiger partial charge in [0.1, 0.15) is 5.82 Å². The Kier molecular flexibility index (Phi) is 9.27. The Morgan fingerprint density at radius 1 is 1.29 bits per heavy atom. The fraction of sp³-hybridized carbons (Fsp3) is 0.500. The number of nitrogens with zero attached hydrogens (tertiary/aromatic N) is 4. The van der Waals surface area contributed by atoms with E-state index >= 15 is 0 Å². The van der Waals surface area contributed by atoms with Gasteiger partial charge in [0.05, 0.1) is 37.5 Å². The van der Waals surface area contributed by atoms with Gasteiger partial charge in [-0.2, -0.15) is 12.6 Å². The van der Waals surface area contributed by atoms with Crippen molar-refractivity contribution in [2.24, 2.45) is 5.92 Å². The standard InChI is InChI=1S/C24H29FN4O3S.ClH/c1-2-32-22(30)10-12-29-18(14-26-27-29)13-17-15-28(11-9-21(17)33)23(24(31)16-7-8-16)19-5-3-4-6-20(19)25;/h3-6,13-14,16,21,23,33H,2,7-12,15H2,1H3;1H/b17-13+;. The largest absolute Gasteiger partial charge is 0.466 e. The number of piperidine rings is 1. The minimum atomic E-state index is -0.602. The quantitative estimate of drug-likeness (QED) is 0.409. The number of carbonyl (C=O) groups is 2. The molecule has 1 aliphatic heterocycles. The molecule has 1 aromatic heterocycles. The summed E-state index contributed by atoms with van der Waals surface area (Å²) in [6.07, 6.45) is 6.30. The molecule has 2 fully saturated rings. The monoisotopic (exact) mass is 508 g/mol. The highest BCUT2D eigenvalue weighted by Crippen LogP contribution is 2.39. The van der Waals surface area contributed by atoms with Crippen LogP contribution in [-0.4, -0.2) is 56.6 Å². The van der Waals surface area contributed by atoms with E-state index < -0.39 is 6.04 Å². The number of carbonyl (C=O) groups excluding carboxylic acids is 2. The molecule has 2 aliphatic rings. The van der Waals surface area contributed by atoms with Crippen LogP contribution >= 0.6 is 25.0 Å². The van der Waals surface area contributed by atoms with Crippen LogP contribution in [0.5, 0.6) is 0 Å². The van der Waals surface area contributed by atoms with E-state index in [-0.39, 0.29) is 47.6 Å². The minimum Gasteiger partial charge on any atom is -0.466 e. The van der Waals surface area contributed by atoms with Crippen LogP contribution in [0.25, 0.3) is 6.08 Å². The fourth-order valence-corrected chi connectivity index (χ4v) is 4.52. The van der Waals surface area contributed by atoms with Crippen LogP contribution in [0.3, 0.4) is 0 Å². The number of thiol groups is 1. The summed E-state index contributed by atoms with van der Waals surface area (Å²) in [6.45, 7) is 3.62. The minimum absolute atomic E-state index is 0. The SMILES string of the molecule is CCOC(=O)CCn1nncc1/C=C1\CN(C(C(=O)C2CC2)c2ccccc2F)CCC1S.Cl. The molecular weight excluding hydrogens is 479 g/mol. The van der Waals surface area contributed by atoms with Crippen molar-refractivity contribution in [1.82, 2.24) is 19.9 Å². The Hall–Kier alpha value is -2.23. The van der Waals surface area contributed by atoms with E-state index in [0.717, 1.165) is 30.5 Å². The summed E-state index contributed by atoms with van der Waals surface area (Å²) < 4.78 is 21.4. The van der Waals surface area contributed by atoms with Crippen molar-refractivity contribution in [1.29, 1.82) is 0 Å². The lowest BCUT2D eigenvalue weighted by Crippen LogP contribution is -2.42. The van der Waals surface area contributed by atoms with Gasteiger partial charge >= 0.3 is 5.97 Å². The van der Waals surface area contributed by atoms with E-state index in [4.69, 9.17) is 17.4 Å². The zero-order valence-corrected chi connectivity index (χ0v) is 20.8. The third-order valence-corrected chi connectivity index (χ3v) is 6.72. The predicted octanol–water partition coefficient (Wildman–Crippen LogP) is 3.90. The second-order valence-electron chi connectivity index (χ2n) is 8.53. The van der Waals surface area contributed by atoms with Crippen LogP contribution in [0, 0.1) is 11.7 Å². The molecule has 2 atom stereocenters. The molecule has 10 heteroatoms. The van der Waals surface area contributed by atoms with Crippen molar-refractivity contribution < 1.29 is 18.7 Å². The molecule has 1 saturated carbocycles. The number of aromatic nitrogens is 3. The highest BCUT2D eigenvalue weighted by atomic mass is 35.5. The fourth-order valence-electron chi connectivity index (χ4n) is 4.24. The van der Waals surface area contributed by atoms with Crippen molar-refractivity contribution in [2.75, 3.05) is 19.7 Å². The van der Waals surface area contributed by atoms with E-state index in [2.05, 4.69) is 15.2 Å². The summed E-state index contributed by atoms with van der Waals surface area (Å²) in [5.41, 5.74) is 2.20. The molecule has 1 saturated heterocycles. The van der Waals surface area contributed by atoms with Gasteiger partial charge in [-0.25, -0.2) is 9.07 Å². The first-order valence-electron chi connectivity index (χ1n) is 11.4. The number of Topliss-reactive ketones (excluding diaryl/α,β-unsaturated/α-hetero) is 1. The van der Waals surface area contributed by atoms with E-state index in [1.807, 2.05) is 6.08 Å². The van der Waals surface area contributed by atoms with Crippen LogP contribution in [0.15, 0.2) is 36.0 Å². The topological polar surface area (TPSA) is 77.3 Å². The second-order valence-corrected chi connectivity index (χ2v) is 9.16. The summed E-state index contributed by atoms with van der Waals surface area (Å²) in [5, 5.41) is 8.07. The van der Waals surface area contributed by atoms with Gasteiger partial charge in [-0.15, -0.1) is 17.5 Å². The van der Waals surface area contributed by atoms with Crippen molar-refractivity contribution in [2.45, 2.75) is 50.4 Å². The zero-order valence-electron chi connectivity index (χ0n) is 19.1. The summed E-state index contributed by atoms with van der Waals surface area (Å²) in [7, 11) is 0. The Morgan fingerprint density at radius 3 is 2.76 bits per heavy atom. The van der Waals surface area contributed by atoms with E-state index in [1.54, 1.807) is 36.0 Å². The van der Waals surface area contributed by atoms with Crippen molar-refractivity contribution >= 4 is 42.9 Å². The lowest BCUT2D eigenvalue weighted by atomic mass is 9.93. The van der Waals surface area contributed by atoms with Gasteiger partial charge in [-0.05, 0) is 43.9 Å². The van der Waals surface area contributed by atoms with E-state index in [1.165, 1.54) is 6.07 Å². The molecule has 0 bridgehead atoms. The molecule has 2 heterocycles. The molecule has 1 aromatic carbocycles. The number of rotatable bonds is 9. The maximum atomic E-state index is 14.7. The lowest BCUT2D eigenvalue weighted by molar-refractivity contribution is -0.143. The third kappa shape index (κ3) is 6.25. The molecule has 1 aliphatic carbocycles. The van der Waals surface area contributed by atoms with E-state index in [0.29, 0.717) is 31.8 Å². The summed E-state index contributed by atoms with van der Waals surface area (Å²) in [5.74, 6) is -0.521. The van der Waals surface area contributed by atoms with Crippen LogP contribution < -0.4 is 0 Å². The number of halogens is 2. The van der Waals surface area contributed by atoms with Gasteiger partial charge in [0, 0.05) is 29.8 Å². The third-order valence-electron chi connectivity index (χ3n) is 6.13. The Balaban J connectivity index is 0.00000324. The van der Waals surface area contributed by atoms with Crippen molar-refractivity contribution in [3.63, 3.8) is 0 Å². The van der Waals surface area contributed by atoms with E-state index in [9.17, 15) is 14.0 Å². The first-order chi connectivity index (χ1) is 16.0. The molecule has 2 aromatic rings. The first-order valence-corrected chi connectivity index (χ1v) is 11.9. The molecule has 0 amide bonds. The van der Waals surface area contributed by atoms with Crippen molar-refractivity contribution in [3.05, 3.63) is 53.1 Å². The molecule has 0 N–H and O–H groups in total. The molecular formula is C24H30ClFN4O3S. The van der Waals surface area contributed by atoms with Crippen LogP contribution in [0.1, 0.15) is 49.9 Å². The van der Waals surface area contributed by atoms with Gasteiger partial charge in [-0.1, -0.05) is 23.4 Å². The lowest BCUT2D eigenvalue weighted by Gasteiger charge is -2.37. The predicted molar refractivity (Wildman–Crippen MR) is 132 cm³/mol. The first kappa shape index (κ1) is 26.4. The molecule has 7 nitrogen and oxygen atoms in total. The number of benzene rings is 1. The van der Waals surface area contributed by atoms with Crippen LogP contribution in [-0.2, 0) is 20.9 Å². The number of hydrogen-bond acceptors (Lipinski definition) is 7. The molecule has 2 unspecified atom stereocenters. The number of likely N-dealkylation sites (tertiary alicyclic amines) is 1. The van der Waals surface area contributed by atoms with Gasteiger partial charge in [-0.3, -0.25) is 14.5 Å². The Morgan fingerprint density at radius 2 is 2.06 bits per heavy atom. The van der Waals surface area contributed by atoms with Gasteiger partial charge in [0.2, 0.25) is 0 Å². The van der Waals surface area contributed by atoms with Crippen molar-refractivity contribution in [3.8, 4) is 0 Å². The van der Waals surface area contributed by atoms with Gasteiger partial charge in [0.15, 0.2) is 5.78 Å². The summed E-state index contributed by atoms with van der Waals surface area (Å²) in [6, 6.07) is 5.95. The number of esters is 1. The maximum Gasteiger partial charge on any atom is 0.307 e. The summed E-state index contributed by atoms with van der Waals surface area (Å²) >= 11 is 4.76. The zero-order chi connectivity index (χ0) is 23.4. The maximum absolute atomic E-state index is 14.7. The number of ether oxygens (including phenoxy) is 1. The normalized spacial score (nSPS) is 20.6. The van der Waals surface area contributed by atoms with Gasteiger partial charge < -0.3 is 4.74 Å². The molecule has 0 radical (unpaired) electrons. The Labute approximate surface area is 210 Å². The van der Waals surface area contributed by atoms with Crippen LogP contribution in [0.4, 0.5) is 4.39 Å². The smallest absolute Gasteiger partial charge is 0.307 e. The summed E-state index contributed by atoms with van der Waals surface area (Å²) in [4.78, 5) is 27.0. The average molecular weight is 509 g/mol. The number of aryl methyl sites for hydroxylation is 1. The highest BCUT2D eigenvalue weighted by molar-refractivity contribution is 7.81. The molecule has 34 heavy (non-hydrogen) atoms. The molecule has 0 spiro atoms. The Bertz CT molecular complexity index is 1040. The van der Waals surface area contributed by atoms with Crippen LogP contribution in [0.2, 0.25) is 0 Å².